The molecule has 5 heteroatoms. The van der Waals surface area contributed by atoms with Gasteiger partial charge < -0.3 is 14.4 Å². The van der Waals surface area contributed by atoms with Gasteiger partial charge in [0.1, 0.15) is 12.4 Å². The van der Waals surface area contributed by atoms with Gasteiger partial charge in [0.2, 0.25) is 0 Å². The standard InChI is InChI=1S/C23H27NO4/c1-3-27-23(26)20-10-6-12-24(15-20)22(25)19-9-5-11-21(14-19)28-16-18-8-4-7-17(2)13-18/h4-5,7-9,11,13-14,20H,3,6,10,12,15-16H2,1-2H3. The highest BCUT2D eigenvalue weighted by atomic mass is 16.5. The molecule has 1 saturated heterocycles. The minimum absolute atomic E-state index is 0.0741. The van der Waals surface area contributed by atoms with Gasteiger partial charge in [-0.25, -0.2) is 0 Å². The molecule has 1 amide bonds. The van der Waals surface area contributed by atoms with Gasteiger partial charge in [0.15, 0.2) is 0 Å². The molecule has 0 aromatic heterocycles. The largest absolute Gasteiger partial charge is 0.489 e. The van der Waals surface area contributed by atoms with Crippen LogP contribution in [0, 0.1) is 12.8 Å². The quantitative estimate of drug-likeness (QED) is 0.710. The van der Waals surface area contributed by atoms with E-state index in [1.807, 2.05) is 37.3 Å². The van der Waals surface area contributed by atoms with E-state index in [9.17, 15) is 9.59 Å². The van der Waals surface area contributed by atoms with Crippen molar-refractivity contribution in [2.45, 2.75) is 33.3 Å². The molecular formula is C23H27NO4. The molecule has 2 aromatic rings. The molecule has 28 heavy (non-hydrogen) atoms. The SMILES string of the molecule is CCOC(=O)C1CCCN(C(=O)c2cccc(OCc3cccc(C)c3)c2)C1. The summed E-state index contributed by atoms with van der Waals surface area (Å²) in [5.41, 5.74) is 2.85. The second-order valence-electron chi connectivity index (χ2n) is 7.15. The lowest BCUT2D eigenvalue weighted by atomic mass is 9.97. The molecule has 0 bridgehead atoms. The van der Waals surface area contributed by atoms with Gasteiger partial charge in [-0.3, -0.25) is 9.59 Å². The van der Waals surface area contributed by atoms with Crippen molar-refractivity contribution in [2.24, 2.45) is 5.92 Å². The molecule has 1 aliphatic rings. The number of hydrogen-bond acceptors (Lipinski definition) is 4. The van der Waals surface area contributed by atoms with Crippen LogP contribution in [0.3, 0.4) is 0 Å². The number of esters is 1. The summed E-state index contributed by atoms with van der Waals surface area (Å²) >= 11 is 0. The van der Waals surface area contributed by atoms with Crippen molar-refractivity contribution in [3.63, 3.8) is 0 Å². The van der Waals surface area contributed by atoms with E-state index in [-0.39, 0.29) is 17.8 Å². The molecule has 0 radical (unpaired) electrons. The first kappa shape index (κ1) is 19.9. The highest BCUT2D eigenvalue weighted by molar-refractivity contribution is 5.95. The Morgan fingerprint density at radius 1 is 1.14 bits per heavy atom. The second kappa shape index (κ2) is 9.40. The van der Waals surface area contributed by atoms with E-state index in [4.69, 9.17) is 9.47 Å². The van der Waals surface area contributed by atoms with Crippen LogP contribution < -0.4 is 4.74 Å². The first-order valence-electron chi connectivity index (χ1n) is 9.81. The number of nitrogens with zero attached hydrogens (tertiary/aromatic N) is 1. The van der Waals surface area contributed by atoms with Gasteiger partial charge in [-0.15, -0.1) is 0 Å². The van der Waals surface area contributed by atoms with Gasteiger partial charge in [0.25, 0.3) is 5.91 Å². The van der Waals surface area contributed by atoms with Crippen LogP contribution >= 0.6 is 0 Å². The minimum Gasteiger partial charge on any atom is -0.489 e. The number of aryl methyl sites for hydroxylation is 1. The second-order valence-corrected chi connectivity index (χ2v) is 7.15. The summed E-state index contributed by atoms with van der Waals surface area (Å²) in [6.07, 6.45) is 1.57. The van der Waals surface area contributed by atoms with E-state index in [0.717, 1.165) is 18.4 Å². The zero-order chi connectivity index (χ0) is 19.9. The maximum absolute atomic E-state index is 12.9. The molecular weight excluding hydrogens is 354 g/mol. The zero-order valence-electron chi connectivity index (χ0n) is 16.5. The monoisotopic (exact) mass is 381 g/mol. The number of carbonyl (C=O) groups is 2. The molecule has 3 rings (SSSR count). The third-order valence-electron chi connectivity index (χ3n) is 4.90. The summed E-state index contributed by atoms with van der Waals surface area (Å²) in [6.45, 7) is 5.73. The van der Waals surface area contributed by atoms with Gasteiger partial charge in [-0.2, -0.15) is 0 Å². The van der Waals surface area contributed by atoms with Crippen LogP contribution in [-0.2, 0) is 16.1 Å². The summed E-state index contributed by atoms with van der Waals surface area (Å²) in [4.78, 5) is 26.7. The number of amides is 1. The lowest BCUT2D eigenvalue weighted by molar-refractivity contribution is -0.149. The molecule has 1 heterocycles. The number of likely N-dealkylation sites (tertiary alicyclic amines) is 1. The van der Waals surface area contributed by atoms with Crippen LogP contribution in [0.2, 0.25) is 0 Å². The molecule has 0 spiro atoms. The highest BCUT2D eigenvalue weighted by Gasteiger charge is 2.29. The van der Waals surface area contributed by atoms with Crippen LogP contribution in [0.1, 0.15) is 41.3 Å². The Morgan fingerprint density at radius 2 is 1.96 bits per heavy atom. The van der Waals surface area contributed by atoms with Crippen LogP contribution in [-0.4, -0.2) is 36.5 Å². The summed E-state index contributed by atoms with van der Waals surface area (Å²) in [6, 6.07) is 15.4. The number of carbonyl (C=O) groups excluding carboxylic acids is 2. The predicted molar refractivity (Wildman–Crippen MR) is 107 cm³/mol. The van der Waals surface area contributed by atoms with Crippen LogP contribution in [0.4, 0.5) is 0 Å². The van der Waals surface area contributed by atoms with E-state index in [2.05, 4.69) is 6.07 Å². The molecule has 2 aromatic carbocycles. The smallest absolute Gasteiger partial charge is 0.310 e. The third kappa shape index (κ3) is 5.12. The Morgan fingerprint density at radius 3 is 2.75 bits per heavy atom. The first-order chi connectivity index (χ1) is 13.6. The predicted octanol–water partition coefficient (Wildman–Crippen LogP) is 3.99. The molecule has 1 atom stereocenters. The lowest BCUT2D eigenvalue weighted by Crippen LogP contribution is -2.42. The number of benzene rings is 2. The molecule has 0 aliphatic carbocycles. The van der Waals surface area contributed by atoms with E-state index in [0.29, 0.717) is 37.6 Å². The Bertz CT molecular complexity index is 833. The molecule has 1 aliphatic heterocycles. The van der Waals surface area contributed by atoms with Gasteiger partial charge in [-0.05, 0) is 50.5 Å². The topological polar surface area (TPSA) is 55.8 Å². The Balaban J connectivity index is 1.64. The van der Waals surface area contributed by atoms with Gasteiger partial charge in [0, 0.05) is 18.7 Å². The molecule has 148 valence electrons. The number of ether oxygens (including phenoxy) is 2. The average molecular weight is 381 g/mol. The Labute approximate surface area is 166 Å². The van der Waals surface area contributed by atoms with E-state index in [1.54, 1.807) is 24.0 Å². The van der Waals surface area contributed by atoms with Gasteiger partial charge >= 0.3 is 5.97 Å². The normalized spacial score (nSPS) is 16.5. The maximum atomic E-state index is 12.9. The molecule has 0 N–H and O–H groups in total. The fourth-order valence-corrected chi connectivity index (χ4v) is 3.48. The highest BCUT2D eigenvalue weighted by Crippen LogP contribution is 2.22. The maximum Gasteiger partial charge on any atom is 0.310 e. The number of piperidine rings is 1. The third-order valence-corrected chi connectivity index (χ3v) is 4.90. The van der Waals surface area contributed by atoms with E-state index < -0.39 is 0 Å². The number of rotatable bonds is 6. The summed E-state index contributed by atoms with van der Waals surface area (Å²) < 4.78 is 11.0. The van der Waals surface area contributed by atoms with Crippen LogP contribution in [0.25, 0.3) is 0 Å². The minimum atomic E-state index is -0.238. The lowest BCUT2D eigenvalue weighted by Gasteiger charge is -2.31. The molecule has 0 saturated carbocycles. The Hall–Kier alpha value is -2.82. The first-order valence-corrected chi connectivity index (χ1v) is 9.81. The van der Waals surface area contributed by atoms with Crippen molar-refractivity contribution in [3.8, 4) is 5.75 Å². The van der Waals surface area contributed by atoms with Gasteiger partial charge in [-0.1, -0.05) is 35.9 Å². The van der Waals surface area contributed by atoms with E-state index >= 15 is 0 Å². The molecule has 1 fully saturated rings. The van der Waals surface area contributed by atoms with Gasteiger partial charge in [0.05, 0.1) is 12.5 Å². The van der Waals surface area contributed by atoms with Crippen molar-refractivity contribution in [1.29, 1.82) is 0 Å². The van der Waals surface area contributed by atoms with Crippen molar-refractivity contribution in [1.82, 2.24) is 4.90 Å². The van der Waals surface area contributed by atoms with Crippen molar-refractivity contribution in [2.75, 3.05) is 19.7 Å². The number of hydrogen-bond donors (Lipinski definition) is 0. The van der Waals surface area contributed by atoms with E-state index in [1.165, 1.54) is 5.56 Å². The zero-order valence-corrected chi connectivity index (χ0v) is 16.5. The molecule has 1 unspecified atom stereocenters. The van der Waals surface area contributed by atoms with Crippen LogP contribution in [0.15, 0.2) is 48.5 Å². The van der Waals surface area contributed by atoms with Crippen molar-refractivity contribution >= 4 is 11.9 Å². The van der Waals surface area contributed by atoms with Crippen molar-refractivity contribution in [3.05, 3.63) is 65.2 Å². The Kier molecular flexibility index (Phi) is 6.69. The van der Waals surface area contributed by atoms with Crippen molar-refractivity contribution < 1.29 is 19.1 Å². The summed E-state index contributed by atoms with van der Waals surface area (Å²) in [7, 11) is 0. The summed E-state index contributed by atoms with van der Waals surface area (Å²) in [5.74, 6) is 0.134. The fourth-order valence-electron chi connectivity index (χ4n) is 3.48. The summed E-state index contributed by atoms with van der Waals surface area (Å²) in [5, 5.41) is 0. The fraction of sp³-hybridized carbons (Fsp3) is 0.391. The average Bonchev–Trinajstić information content (AvgIpc) is 2.72. The van der Waals surface area contributed by atoms with Crippen LogP contribution in [0.5, 0.6) is 5.75 Å². The molecule has 5 nitrogen and oxygen atoms in total.